The molecule has 58 valence electrons. The van der Waals surface area contributed by atoms with Crippen LogP contribution in [0.15, 0.2) is 0 Å². The minimum atomic E-state index is -0.758. The number of rotatable bonds is 2. The normalized spacial score (nSPS) is 22.9. The van der Waals surface area contributed by atoms with Crippen LogP contribution in [0.25, 0.3) is 0 Å². The van der Waals surface area contributed by atoms with Crippen LogP contribution in [-0.4, -0.2) is 24.9 Å². The van der Waals surface area contributed by atoms with Gasteiger partial charge in [0.15, 0.2) is 5.79 Å². The Morgan fingerprint density at radius 2 is 2.10 bits per heavy atom. The number of primary amides is 1. The zero-order valence-electron chi connectivity index (χ0n) is 5.92. The Bertz CT molecular complexity index is 140. The van der Waals surface area contributed by atoms with E-state index >= 15 is 0 Å². The van der Waals surface area contributed by atoms with E-state index in [1.165, 1.54) is 0 Å². The number of ether oxygens (including phenoxy) is 2. The van der Waals surface area contributed by atoms with E-state index < -0.39 is 11.7 Å². The van der Waals surface area contributed by atoms with Crippen molar-refractivity contribution in [1.29, 1.82) is 0 Å². The van der Waals surface area contributed by atoms with E-state index in [4.69, 9.17) is 15.2 Å². The lowest BCUT2D eigenvalue weighted by Gasteiger charge is -2.19. The standard InChI is InChI=1S/C6H11NO3/c1-6(4-5(7)8)9-2-3-10-6/h2-4H2,1H3,(H2,7,8). The van der Waals surface area contributed by atoms with Crippen molar-refractivity contribution in [2.45, 2.75) is 19.1 Å². The lowest BCUT2D eigenvalue weighted by atomic mass is 10.2. The molecule has 0 aromatic rings. The van der Waals surface area contributed by atoms with E-state index in [9.17, 15) is 4.79 Å². The average molecular weight is 145 g/mol. The van der Waals surface area contributed by atoms with Gasteiger partial charge in [0.25, 0.3) is 0 Å². The number of carbonyl (C=O) groups excluding carboxylic acids is 1. The lowest BCUT2D eigenvalue weighted by molar-refractivity contribution is -0.157. The van der Waals surface area contributed by atoms with Crippen LogP contribution in [0.2, 0.25) is 0 Å². The molecule has 1 saturated heterocycles. The van der Waals surface area contributed by atoms with Crippen molar-refractivity contribution in [3.63, 3.8) is 0 Å². The Morgan fingerprint density at radius 3 is 2.50 bits per heavy atom. The summed E-state index contributed by atoms with van der Waals surface area (Å²) < 4.78 is 10.3. The van der Waals surface area contributed by atoms with Crippen LogP contribution in [0, 0.1) is 0 Å². The summed E-state index contributed by atoms with van der Waals surface area (Å²) in [5, 5.41) is 0. The summed E-state index contributed by atoms with van der Waals surface area (Å²) in [5.41, 5.74) is 4.96. The Balaban J connectivity index is 2.43. The summed E-state index contributed by atoms with van der Waals surface area (Å²) in [6.07, 6.45) is 0.132. The van der Waals surface area contributed by atoms with Crippen LogP contribution in [0.3, 0.4) is 0 Å². The molecule has 4 heteroatoms. The minimum Gasteiger partial charge on any atom is -0.370 e. The van der Waals surface area contributed by atoms with Crippen LogP contribution < -0.4 is 5.73 Å². The molecule has 1 rings (SSSR count). The summed E-state index contributed by atoms with van der Waals surface area (Å²) in [4.78, 5) is 10.4. The van der Waals surface area contributed by atoms with Gasteiger partial charge in [-0.15, -0.1) is 0 Å². The fourth-order valence-corrected chi connectivity index (χ4v) is 0.975. The third kappa shape index (κ3) is 1.68. The van der Waals surface area contributed by atoms with Crippen molar-refractivity contribution >= 4 is 5.91 Å². The first-order valence-electron chi connectivity index (χ1n) is 3.19. The highest BCUT2D eigenvalue weighted by Gasteiger charge is 2.32. The fourth-order valence-electron chi connectivity index (χ4n) is 0.975. The van der Waals surface area contributed by atoms with Gasteiger partial charge in [-0.1, -0.05) is 0 Å². The number of nitrogens with two attached hydrogens (primary N) is 1. The summed E-state index contributed by atoms with van der Waals surface area (Å²) in [5.74, 6) is -1.16. The molecule has 1 heterocycles. The molecular formula is C6H11NO3. The third-order valence-electron chi connectivity index (χ3n) is 1.39. The molecule has 4 nitrogen and oxygen atoms in total. The minimum absolute atomic E-state index is 0.132. The van der Waals surface area contributed by atoms with Crippen molar-refractivity contribution in [2.75, 3.05) is 13.2 Å². The summed E-state index contributed by atoms with van der Waals surface area (Å²) >= 11 is 0. The van der Waals surface area contributed by atoms with Gasteiger partial charge in [-0.05, 0) is 6.92 Å². The molecular weight excluding hydrogens is 134 g/mol. The van der Waals surface area contributed by atoms with Gasteiger partial charge in [-0.2, -0.15) is 0 Å². The van der Waals surface area contributed by atoms with Crippen LogP contribution in [0.4, 0.5) is 0 Å². The van der Waals surface area contributed by atoms with Gasteiger partial charge in [-0.25, -0.2) is 0 Å². The van der Waals surface area contributed by atoms with Crippen LogP contribution in [-0.2, 0) is 14.3 Å². The van der Waals surface area contributed by atoms with E-state index in [-0.39, 0.29) is 6.42 Å². The SMILES string of the molecule is CC1(CC(N)=O)OCCO1. The highest BCUT2D eigenvalue weighted by atomic mass is 16.7. The van der Waals surface area contributed by atoms with Crippen molar-refractivity contribution in [2.24, 2.45) is 5.73 Å². The zero-order chi connectivity index (χ0) is 7.61. The molecule has 0 spiro atoms. The molecule has 0 atom stereocenters. The van der Waals surface area contributed by atoms with Crippen LogP contribution in [0.1, 0.15) is 13.3 Å². The average Bonchev–Trinajstić information content (AvgIpc) is 2.12. The maximum absolute atomic E-state index is 10.4. The first-order valence-corrected chi connectivity index (χ1v) is 3.19. The van der Waals surface area contributed by atoms with Gasteiger partial charge in [-0.3, -0.25) is 4.79 Å². The molecule has 1 fully saturated rings. The topological polar surface area (TPSA) is 61.6 Å². The highest BCUT2D eigenvalue weighted by Crippen LogP contribution is 2.21. The Labute approximate surface area is 59.3 Å². The van der Waals surface area contributed by atoms with Crippen molar-refractivity contribution in [3.8, 4) is 0 Å². The zero-order valence-corrected chi connectivity index (χ0v) is 5.92. The molecule has 1 aliphatic heterocycles. The maximum Gasteiger partial charge on any atom is 0.222 e. The molecule has 0 aromatic carbocycles. The molecule has 2 N–H and O–H groups in total. The second kappa shape index (κ2) is 2.56. The molecule has 0 aliphatic carbocycles. The van der Waals surface area contributed by atoms with Gasteiger partial charge in [0, 0.05) is 0 Å². The predicted octanol–water partition coefficient (Wildman–Crippen LogP) is -0.375. The van der Waals surface area contributed by atoms with E-state index in [1.807, 2.05) is 0 Å². The summed E-state index contributed by atoms with van der Waals surface area (Å²) in [6.45, 7) is 2.80. The van der Waals surface area contributed by atoms with E-state index in [2.05, 4.69) is 0 Å². The van der Waals surface area contributed by atoms with Crippen molar-refractivity contribution in [1.82, 2.24) is 0 Å². The molecule has 1 aliphatic rings. The van der Waals surface area contributed by atoms with Gasteiger partial charge in [0.1, 0.15) is 0 Å². The summed E-state index contributed by atoms with van der Waals surface area (Å²) in [6, 6.07) is 0. The quantitative estimate of drug-likeness (QED) is 0.576. The Morgan fingerprint density at radius 1 is 1.60 bits per heavy atom. The third-order valence-corrected chi connectivity index (χ3v) is 1.39. The maximum atomic E-state index is 10.4. The number of carbonyl (C=O) groups is 1. The molecule has 0 bridgehead atoms. The van der Waals surface area contributed by atoms with Crippen LogP contribution in [0.5, 0.6) is 0 Å². The summed E-state index contributed by atoms with van der Waals surface area (Å²) in [7, 11) is 0. The first kappa shape index (κ1) is 7.50. The van der Waals surface area contributed by atoms with Crippen molar-refractivity contribution in [3.05, 3.63) is 0 Å². The highest BCUT2D eigenvalue weighted by molar-refractivity contribution is 5.74. The largest absolute Gasteiger partial charge is 0.370 e. The fraction of sp³-hybridized carbons (Fsp3) is 0.833. The molecule has 0 aromatic heterocycles. The number of hydrogen-bond donors (Lipinski definition) is 1. The molecule has 0 unspecified atom stereocenters. The molecule has 0 saturated carbocycles. The molecule has 10 heavy (non-hydrogen) atoms. The molecule has 0 radical (unpaired) electrons. The number of hydrogen-bond acceptors (Lipinski definition) is 3. The number of amides is 1. The van der Waals surface area contributed by atoms with Gasteiger partial charge < -0.3 is 15.2 Å². The van der Waals surface area contributed by atoms with Gasteiger partial charge in [0.2, 0.25) is 5.91 Å². The van der Waals surface area contributed by atoms with Gasteiger partial charge in [0.05, 0.1) is 19.6 Å². The van der Waals surface area contributed by atoms with E-state index in [1.54, 1.807) is 6.92 Å². The second-order valence-corrected chi connectivity index (χ2v) is 2.47. The predicted molar refractivity (Wildman–Crippen MR) is 34.1 cm³/mol. The second-order valence-electron chi connectivity index (χ2n) is 2.47. The Hall–Kier alpha value is -0.610. The lowest BCUT2D eigenvalue weighted by Crippen LogP contribution is -2.32. The van der Waals surface area contributed by atoms with Gasteiger partial charge >= 0.3 is 0 Å². The van der Waals surface area contributed by atoms with Crippen LogP contribution >= 0.6 is 0 Å². The van der Waals surface area contributed by atoms with E-state index in [0.717, 1.165) is 0 Å². The monoisotopic (exact) mass is 145 g/mol. The van der Waals surface area contributed by atoms with Crippen molar-refractivity contribution < 1.29 is 14.3 Å². The Kier molecular flexibility index (Phi) is 1.92. The molecule has 1 amide bonds. The smallest absolute Gasteiger partial charge is 0.222 e. The van der Waals surface area contributed by atoms with E-state index in [0.29, 0.717) is 13.2 Å². The first-order chi connectivity index (χ1) is 4.62.